The topological polar surface area (TPSA) is 102 Å². The summed E-state index contributed by atoms with van der Waals surface area (Å²) < 4.78 is 5.97. The number of nitrogens with zero attached hydrogens (tertiary/aromatic N) is 2. The van der Waals surface area contributed by atoms with Gasteiger partial charge in [-0.3, -0.25) is 19.8 Å². The Labute approximate surface area is 172 Å². The van der Waals surface area contributed by atoms with Gasteiger partial charge in [0.25, 0.3) is 5.69 Å². The van der Waals surface area contributed by atoms with Gasteiger partial charge in [-0.15, -0.1) is 0 Å². The van der Waals surface area contributed by atoms with Gasteiger partial charge in [0.2, 0.25) is 5.91 Å². The van der Waals surface area contributed by atoms with Crippen molar-refractivity contribution in [3.05, 3.63) is 38.3 Å². The second kappa shape index (κ2) is 8.06. The number of rotatable bonds is 4. The monoisotopic (exact) mass is 455 g/mol. The summed E-state index contributed by atoms with van der Waals surface area (Å²) in [7, 11) is 0. The van der Waals surface area contributed by atoms with Gasteiger partial charge in [0.15, 0.2) is 0 Å². The lowest BCUT2D eigenvalue weighted by Crippen LogP contribution is -2.52. The molecule has 0 saturated carbocycles. The molecule has 0 unspecified atom stereocenters. The average molecular weight is 456 g/mol. The van der Waals surface area contributed by atoms with Gasteiger partial charge in [-0.1, -0.05) is 15.9 Å². The van der Waals surface area contributed by atoms with Crippen LogP contribution in [0.25, 0.3) is 0 Å². The van der Waals surface area contributed by atoms with Crippen LogP contribution in [0.15, 0.2) is 22.7 Å². The number of halogens is 1. The summed E-state index contributed by atoms with van der Waals surface area (Å²) in [5.74, 6) is -0.356. The fourth-order valence-corrected chi connectivity index (χ4v) is 3.57. The van der Waals surface area contributed by atoms with Crippen LogP contribution in [-0.2, 0) is 15.1 Å². The van der Waals surface area contributed by atoms with Crippen molar-refractivity contribution in [2.75, 3.05) is 6.54 Å². The number of hydrogen-bond donors (Lipinski definition) is 1. The van der Waals surface area contributed by atoms with E-state index in [0.29, 0.717) is 29.4 Å². The first-order valence-corrected chi connectivity index (χ1v) is 9.87. The number of carbonyl (C=O) groups is 2. The smallest absolute Gasteiger partial charge is 0.410 e. The Morgan fingerprint density at radius 3 is 2.50 bits per heavy atom. The first kappa shape index (κ1) is 22.1. The molecule has 154 valence electrons. The number of carbonyl (C=O) groups excluding carboxylic acids is 2. The zero-order valence-electron chi connectivity index (χ0n) is 16.7. The highest BCUT2D eigenvalue weighted by molar-refractivity contribution is 9.10. The van der Waals surface area contributed by atoms with Gasteiger partial charge in [0.05, 0.1) is 16.0 Å². The minimum absolute atomic E-state index is 0.0879. The summed E-state index contributed by atoms with van der Waals surface area (Å²) in [4.78, 5) is 37.7. The lowest BCUT2D eigenvalue weighted by Gasteiger charge is -2.32. The predicted molar refractivity (Wildman–Crippen MR) is 108 cm³/mol. The molecule has 0 aromatic heterocycles. The third kappa shape index (κ3) is 5.21. The van der Waals surface area contributed by atoms with E-state index in [4.69, 9.17) is 4.74 Å². The number of nitro benzene ring substituents is 1. The van der Waals surface area contributed by atoms with E-state index in [2.05, 4.69) is 21.2 Å². The molecular weight excluding hydrogens is 430 g/mol. The Balaban J connectivity index is 2.21. The molecule has 0 spiro atoms. The third-order valence-electron chi connectivity index (χ3n) is 4.45. The maximum Gasteiger partial charge on any atom is 0.410 e. The second-order valence-electron chi connectivity index (χ2n) is 8.36. The van der Waals surface area contributed by atoms with Crippen LogP contribution in [0.5, 0.6) is 0 Å². The van der Waals surface area contributed by atoms with Gasteiger partial charge in [-0.2, -0.15) is 0 Å². The van der Waals surface area contributed by atoms with Gasteiger partial charge in [-0.05, 0) is 59.6 Å². The van der Waals surface area contributed by atoms with Crippen molar-refractivity contribution in [3.63, 3.8) is 0 Å². The molecule has 2 amide bonds. The number of nitro groups is 1. The normalized spacial score (nSPS) is 17.4. The van der Waals surface area contributed by atoms with Crippen molar-refractivity contribution in [1.29, 1.82) is 0 Å². The summed E-state index contributed by atoms with van der Waals surface area (Å²) >= 11 is 3.23. The first-order chi connectivity index (χ1) is 12.8. The fourth-order valence-electron chi connectivity index (χ4n) is 3.22. The molecule has 0 aliphatic carbocycles. The molecular formula is C19H26BrN3O5. The Morgan fingerprint density at radius 1 is 1.29 bits per heavy atom. The van der Waals surface area contributed by atoms with Crippen molar-refractivity contribution in [3.8, 4) is 0 Å². The van der Waals surface area contributed by atoms with Crippen LogP contribution in [0.1, 0.15) is 53.0 Å². The van der Waals surface area contributed by atoms with Crippen LogP contribution in [-0.4, -0.2) is 40.0 Å². The van der Waals surface area contributed by atoms with Crippen LogP contribution in [0.2, 0.25) is 0 Å². The van der Waals surface area contributed by atoms with Crippen molar-refractivity contribution < 1.29 is 19.2 Å². The van der Waals surface area contributed by atoms with Crippen molar-refractivity contribution >= 4 is 33.6 Å². The van der Waals surface area contributed by atoms with E-state index in [1.54, 1.807) is 46.8 Å². The molecule has 1 N–H and O–H groups in total. The molecule has 1 aliphatic rings. The zero-order valence-corrected chi connectivity index (χ0v) is 18.3. The van der Waals surface area contributed by atoms with E-state index < -0.39 is 28.2 Å². The number of amides is 2. The highest BCUT2D eigenvalue weighted by Crippen LogP contribution is 2.32. The molecule has 1 aromatic rings. The summed E-state index contributed by atoms with van der Waals surface area (Å²) in [5.41, 5.74) is -1.36. The maximum atomic E-state index is 12.9. The number of likely N-dealkylation sites (tertiary alicyclic amines) is 1. The van der Waals surface area contributed by atoms with Crippen molar-refractivity contribution in [1.82, 2.24) is 10.2 Å². The molecule has 1 aliphatic heterocycles. The van der Waals surface area contributed by atoms with E-state index in [9.17, 15) is 19.7 Å². The summed E-state index contributed by atoms with van der Waals surface area (Å²) in [5, 5.41) is 14.3. The number of benzene rings is 1. The van der Waals surface area contributed by atoms with Crippen LogP contribution >= 0.6 is 15.9 Å². The van der Waals surface area contributed by atoms with Crippen LogP contribution in [0.4, 0.5) is 10.5 Å². The van der Waals surface area contributed by atoms with Gasteiger partial charge in [0, 0.05) is 17.1 Å². The largest absolute Gasteiger partial charge is 0.444 e. The Morgan fingerprint density at radius 2 is 1.93 bits per heavy atom. The van der Waals surface area contributed by atoms with E-state index in [-0.39, 0.29) is 11.6 Å². The molecule has 8 nitrogen and oxygen atoms in total. The Hall–Kier alpha value is -2.16. The van der Waals surface area contributed by atoms with E-state index in [1.807, 2.05) is 0 Å². The van der Waals surface area contributed by atoms with Crippen LogP contribution < -0.4 is 5.32 Å². The van der Waals surface area contributed by atoms with E-state index in [0.717, 1.165) is 0 Å². The van der Waals surface area contributed by atoms with E-state index in [1.165, 1.54) is 11.0 Å². The lowest BCUT2D eigenvalue weighted by molar-refractivity contribution is -0.386. The van der Waals surface area contributed by atoms with Crippen molar-refractivity contribution in [2.24, 2.45) is 0 Å². The maximum absolute atomic E-state index is 12.9. The first-order valence-electron chi connectivity index (χ1n) is 9.08. The highest BCUT2D eigenvalue weighted by atomic mass is 79.9. The Bertz CT molecular complexity index is 788. The molecule has 1 fully saturated rings. The number of nitrogens with one attached hydrogen (secondary N) is 1. The SMILES string of the molecule is CC(C)(C)OC(=O)N1CCC[C@H]1C(=O)NC(C)(C)c1ccc(Br)cc1[N+](=O)[O-]. The summed E-state index contributed by atoms with van der Waals surface area (Å²) in [6.45, 7) is 9.15. The highest BCUT2D eigenvalue weighted by Gasteiger charge is 2.39. The standard InChI is InChI=1S/C19H26BrN3O5/c1-18(2,3)28-17(25)22-10-6-7-14(22)16(24)21-19(4,5)13-9-8-12(20)11-15(13)23(26)27/h8-9,11,14H,6-7,10H2,1-5H3,(H,21,24)/t14-/m0/s1. The molecule has 28 heavy (non-hydrogen) atoms. The molecule has 1 heterocycles. The summed E-state index contributed by atoms with van der Waals surface area (Å²) in [6.07, 6.45) is 0.678. The molecule has 1 saturated heterocycles. The molecule has 1 atom stereocenters. The molecule has 0 radical (unpaired) electrons. The lowest BCUT2D eigenvalue weighted by atomic mass is 9.92. The van der Waals surface area contributed by atoms with Crippen LogP contribution in [0.3, 0.4) is 0 Å². The third-order valence-corrected chi connectivity index (χ3v) is 4.94. The van der Waals surface area contributed by atoms with Gasteiger partial charge in [0.1, 0.15) is 11.6 Å². The van der Waals surface area contributed by atoms with E-state index >= 15 is 0 Å². The fraction of sp³-hybridized carbons (Fsp3) is 0.579. The van der Waals surface area contributed by atoms with Gasteiger partial charge < -0.3 is 10.1 Å². The predicted octanol–water partition coefficient (Wildman–Crippen LogP) is 4.11. The zero-order chi connectivity index (χ0) is 21.3. The average Bonchev–Trinajstić information content (AvgIpc) is 3.02. The molecule has 9 heteroatoms. The Kier molecular flexibility index (Phi) is 6.37. The van der Waals surface area contributed by atoms with Crippen LogP contribution in [0, 0.1) is 10.1 Å². The minimum atomic E-state index is -0.998. The van der Waals surface area contributed by atoms with Crippen molar-refractivity contribution in [2.45, 2.75) is 64.6 Å². The molecule has 2 rings (SSSR count). The summed E-state index contributed by atoms with van der Waals surface area (Å²) in [6, 6.07) is 4.05. The molecule has 0 bridgehead atoms. The minimum Gasteiger partial charge on any atom is -0.444 e. The number of hydrogen-bond acceptors (Lipinski definition) is 5. The quantitative estimate of drug-likeness (QED) is 0.543. The number of ether oxygens (including phenoxy) is 1. The second-order valence-corrected chi connectivity index (χ2v) is 9.28. The van der Waals surface area contributed by atoms with Gasteiger partial charge in [-0.25, -0.2) is 4.79 Å². The van der Waals surface area contributed by atoms with Gasteiger partial charge >= 0.3 is 6.09 Å². The molecule has 1 aromatic carbocycles.